The molecule has 0 bridgehead atoms. The van der Waals surface area contributed by atoms with Crippen LogP contribution in [0.5, 0.6) is 0 Å². The van der Waals surface area contributed by atoms with Gasteiger partial charge < -0.3 is 10.6 Å². The SMILES string of the molecule is CNCC1(C(=O)Nc2cccc3ccccc23)CC1. The third-order valence-corrected chi connectivity index (χ3v) is 3.89. The van der Waals surface area contributed by atoms with E-state index < -0.39 is 0 Å². The van der Waals surface area contributed by atoms with Gasteiger partial charge in [0.05, 0.1) is 5.41 Å². The fourth-order valence-electron chi connectivity index (χ4n) is 2.56. The first kappa shape index (κ1) is 12.2. The van der Waals surface area contributed by atoms with Gasteiger partial charge in [0.15, 0.2) is 0 Å². The zero-order valence-corrected chi connectivity index (χ0v) is 11.1. The Morgan fingerprint density at radius 3 is 2.63 bits per heavy atom. The quantitative estimate of drug-likeness (QED) is 0.881. The molecule has 98 valence electrons. The molecule has 0 spiro atoms. The highest BCUT2D eigenvalue weighted by Crippen LogP contribution is 2.46. The van der Waals surface area contributed by atoms with Crippen LogP contribution in [0.25, 0.3) is 10.8 Å². The number of carbonyl (C=O) groups excluding carboxylic acids is 1. The van der Waals surface area contributed by atoms with E-state index in [9.17, 15) is 4.79 Å². The predicted octanol–water partition coefficient (Wildman–Crippen LogP) is 2.78. The molecule has 0 unspecified atom stereocenters. The Labute approximate surface area is 113 Å². The lowest BCUT2D eigenvalue weighted by atomic mass is 10.0. The standard InChI is InChI=1S/C16H18N2O/c1-17-11-16(9-10-16)15(19)18-14-8-4-6-12-5-2-3-7-13(12)14/h2-8,17H,9-11H2,1H3,(H,18,19). The number of hydrogen-bond acceptors (Lipinski definition) is 2. The summed E-state index contributed by atoms with van der Waals surface area (Å²) in [5.74, 6) is 0.137. The second kappa shape index (κ2) is 4.67. The fraction of sp³-hybridized carbons (Fsp3) is 0.312. The maximum atomic E-state index is 12.4. The lowest BCUT2D eigenvalue weighted by Gasteiger charge is -2.15. The zero-order chi connectivity index (χ0) is 13.3. The molecule has 0 heterocycles. The molecular formula is C16H18N2O. The molecule has 1 aliphatic carbocycles. The van der Waals surface area contributed by atoms with Crippen LogP contribution in [0.3, 0.4) is 0 Å². The van der Waals surface area contributed by atoms with Gasteiger partial charge in [-0.3, -0.25) is 4.79 Å². The van der Waals surface area contributed by atoms with Crippen molar-refractivity contribution < 1.29 is 4.79 Å². The molecule has 2 aromatic carbocycles. The summed E-state index contributed by atoms with van der Waals surface area (Å²) in [6, 6.07) is 14.1. The zero-order valence-electron chi connectivity index (χ0n) is 11.1. The Kier molecular flexibility index (Phi) is 2.99. The van der Waals surface area contributed by atoms with Crippen molar-refractivity contribution in [2.24, 2.45) is 5.41 Å². The molecule has 3 heteroatoms. The lowest BCUT2D eigenvalue weighted by molar-refractivity contribution is -0.120. The average Bonchev–Trinajstić information content (AvgIpc) is 3.21. The van der Waals surface area contributed by atoms with E-state index in [1.54, 1.807) is 0 Å². The topological polar surface area (TPSA) is 41.1 Å². The van der Waals surface area contributed by atoms with Gasteiger partial charge >= 0.3 is 0 Å². The van der Waals surface area contributed by atoms with Crippen LogP contribution in [-0.2, 0) is 4.79 Å². The maximum Gasteiger partial charge on any atom is 0.231 e. The van der Waals surface area contributed by atoms with Crippen molar-refractivity contribution in [2.75, 3.05) is 18.9 Å². The van der Waals surface area contributed by atoms with Gasteiger partial charge in [0.2, 0.25) is 5.91 Å². The van der Waals surface area contributed by atoms with E-state index in [-0.39, 0.29) is 11.3 Å². The van der Waals surface area contributed by atoms with Crippen LogP contribution in [-0.4, -0.2) is 19.5 Å². The molecule has 0 aromatic heterocycles. The van der Waals surface area contributed by atoms with Gasteiger partial charge in [-0.2, -0.15) is 0 Å². The van der Waals surface area contributed by atoms with Gasteiger partial charge in [-0.05, 0) is 31.3 Å². The normalized spacial score (nSPS) is 16.3. The summed E-state index contributed by atoms with van der Waals surface area (Å²) in [5, 5.41) is 8.45. The molecule has 0 radical (unpaired) electrons. The van der Waals surface area contributed by atoms with Crippen LogP contribution in [0.15, 0.2) is 42.5 Å². The maximum absolute atomic E-state index is 12.4. The minimum Gasteiger partial charge on any atom is -0.325 e. The number of anilines is 1. The van der Waals surface area contributed by atoms with Crippen LogP contribution >= 0.6 is 0 Å². The molecule has 1 aliphatic rings. The summed E-state index contributed by atoms with van der Waals surface area (Å²) < 4.78 is 0. The summed E-state index contributed by atoms with van der Waals surface area (Å²) >= 11 is 0. The first-order chi connectivity index (χ1) is 9.25. The monoisotopic (exact) mass is 254 g/mol. The third kappa shape index (κ3) is 2.22. The number of carbonyl (C=O) groups is 1. The van der Waals surface area contributed by atoms with Crippen molar-refractivity contribution in [1.82, 2.24) is 5.32 Å². The average molecular weight is 254 g/mol. The van der Waals surface area contributed by atoms with Gasteiger partial charge in [-0.25, -0.2) is 0 Å². The van der Waals surface area contributed by atoms with E-state index in [1.807, 2.05) is 37.4 Å². The molecule has 1 amide bonds. The summed E-state index contributed by atoms with van der Waals surface area (Å²) in [4.78, 5) is 12.4. The van der Waals surface area contributed by atoms with E-state index in [1.165, 1.54) is 0 Å². The Morgan fingerprint density at radius 1 is 1.16 bits per heavy atom. The van der Waals surface area contributed by atoms with Gasteiger partial charge in [-0.15, -0.1) is 0 Å². The van der Waals surface area contributed by atoms with Gasteiger partial charge in [0.25, 0.3) is 0 Å². The molecule has 19 heavy (non-hydrogen) atoms. The molecule has 2 aromatic rings. The van der Waals surface area contributed by atoms with E-state index in [4.69, 9.17) is 0 Å². The van der Waals surface area contributed by atoms with Crippen LogP contribution in [0.4, 0.5) is 5.69 Å². The van der Waals surface area contributed by atoms with Gasteiger partial charge in [-0.1, -0.05) is 36.4 Å². The van der Waals surface area contributed by atoms with Crippen LogP contribution in [0.2, 0.25) is 0 Å². The molecule has 0 atom stereocenters. The summed E-state index contributed by atoms with van der Waals surface area (Å²) in [5.41, 5.74) is 0.719. The van der Waals surface area contributed by atoms with Crippen LogP contribution in [0, 0.1) is 5.41 Å². The van der Waals surface area contributed by atoms with Gasteiger partial charge in [0.1, 0.15) is 0 Å². The molecule has 1 fully saturated rings. The highest BCUT2D eigenvalue weighted by atomic mass is 16.2. The molecule has 3 nitrogen and oxygen atoms in total. The third-order valence-electron chi connectivity index (χ3n) is 3.89. The highest BCUT2D eigenvalue weighted by Gasteiger charge is 2.49. The number of rotatable bonds is 4. The molecule has 2 N–H and O–H groups in total. The van der Waals surface area contributed by atoms with Crippen LogP contribution < -0.4 is 10.6 Å². The Hall–Kier alpha value is -1.87. The lowest BCUT2D eigenvalue weighted by Crippen LogP contribution is -2.32. The van der Waals surface area contributed by atoms with Crippen molar-refractivity contribution in [3.63, 3.8) is 0 Å². The van der Waals surface area contributed by atoms with E-state index in [0.717, 1.165) is 35.8 Å². The predicted molar refractivity (Wildman–Crippen MR) is 78.2 cm³/mol. The largest absolute Gasteiger partial charge is 0.325 e. The fourth-order valence-corrected chi connectivity index (χ4v) is 2.56. The smallest absolute Gasteiger partial charge is 0.231 e. The van der Waals surface area contributed by atoms with E-state index in [0.29, 0.717) is 0 Å². The molecule has 0 saturated heterocycles. The first-order valence-electron chi connectivity index (χ1n) is 6.69. The van der Waals surface area contributed by atoms with Crippen LogP contribution in [0.1, 0.15) is 12.8 Å². The molecule has 3 rings (SSSR count). The van der Waals surface area contributed by atoms with Crippen molar-refractivity contribution in [2.45, 2.75) is 12.8 Å². The first-order valence-corrected chi connectivity index (χ1v) is 6.69. The number of benzene rings is 2. The minimum absolute atomic E-state index is 0.137. The highest BCUT2D eigenvalue weighted by molar-refractivity contribution is 6.04. The summed E-state index contributed by atoms with van der Waals surface area (Å²) in [7, 11) is 1.89. The number of hydrogen-bond donors (Lipinski definition) is 2. The molecule has 1 saturated carbocycles. The van der Waals surface area contributed by atoms with Crippen molar-refractivity contribution in [3.05, 3.63) is 42.5 Å². The summed E-state index contributed by atoms with van der Waals surface area (Å²) in [6.45, 7) is 0.754. The van der Waals surface area contributed by atoms with Crippen molar-refractivity contribution >= 4 is 22.4 Å². The minimum atomic E-state index is -0.189. The van der Waals surface area contributed by atoms with Crippen molar-refractivity contribution in [3.8, 4) is 0 Å². The Balaban J connectivity index is 1.88. The number of amides is 1. The Morgan fingerprint density at radius 2 is 1.89 bits per heavy atom. The summed E-state index contributed by atoms with van der Waals surface area (Å²) in [6.07, 6.45) is 1.95. The van der Waals surface area contributed by atoms with Gasteiger partial charge in [0, 0.05) is 17.6 Å². The molecule has 0 aliphatic heterocycles. The number of nitrogens with one attached hydrogen (secondary N) is 2. The van der Waals surface area contributed by atoms with Crippen molar-refractivity contribution in [1.29, 1.82) is 0 Å². The second-order valence-corrected chi connectivity index (χ2v) is 5.29. The Bertz CT molecular complexity index is 612. The molecular weight excluding hydrogens is 236 g/mol. The van der Waals surface area contributed by atoms with E-state index in [2.05, 4.69) is 22.8 Å². The number of fused-ring (bicyclic) bond motifs is 1. The second-order valence-electron chi connectivity index (χ2n) is 5.29. The van der Waals surface area contributed by atoms with E-state index >= 15 is 0 Å².